The highest BCUT2D eigenvalue weighted by Crippen LogP contribution is 2.33. The van der Waals surface area contributed by atoms with Gasteiger partial charge in [-0.1, -0.05) is 62.9 Å². The van der Waals surface area contributed by atoms with E-state index in [1.807, 2.05) is 13.0 Å². The van der Waals surface area contributed by atoms with Crippen molar-refractivity contribution in [2.24, 2.45) is 0 Å². The molecule has 15 heavy (non-hydrogen) atoms. The van der Waals surface area contributed by atoms with Crippen LogP contribution in [0.5, 0.6) is 0 Å². The van der Waals surface area contributed by atoms with E-state index in [0.29, 0.717) is 5.56 Å². The molecule has 1 rings (SSSR count). The van der Waals surface area contributed by atoms with Crippen molar-refractivity contribution in [2.75, 3.05) is 0 Å². The van der Waals surface area contributed by atoms with Crippen molar-refractivity contribution in [1.29, 1.82) is 0 Å². The Labute approximate surface area is 118 Å². The first-order chi connectivity index (χ1) is 6.93. The van der Waals surface area contributed by atoms with Gasteiger partial charge in [0.2, 0.25) is 11.1 Å². The number of aryl methyl sites for hydroxylation is 1. The Balaban J connectivity index is 3.29. The fourth-order valence-corrected chi connectivity index (χ4v) is 2.55. The second-order valence-electron chi connectivity index (χ2n) is 2.93. The lowest BCUT2D eigenvalue weighted by Gasteiger charge is -2.09. The maximum absolute atomic E-state index is 11.4. The fourth-order valence-electron chi connectivity index (χ4n) is 1.14. The molecule has 0 amide bonds. The van der Waals surface area contributed by atoms with Gasteiger partial charge in [0.25, 0.3) is 5.12 Å². The molecular formula is C9H8I2O3S. The van der Waals surface area contributed by atoms with Gasteiger partial charge in [-0.2, -0.15) is 0 Å². The molecule has 3 nitrogen and oxygen atoms in total. The predicted molar refractivity (Wildman–Crippen MR) is 77.1 cm³/mol. The second-order valence-corrected chi connectivity index (χ2v) is 8.67. The van der Waals surface area contributed by atoms with Gasteiger partial charge in [-0.15, -0.1) is 0 Å². The minimum atomic E-state index is -2.44. The third kappa shape index (κ3) is 3.46. The molecule has 0 aliphatic heterocycles. The molecule has 0 saturated heterocycles. The lowest BCUT2D eigenvalue weighted by Crippen LogP contribution is -2.09. The van der Waals surface area contributed by atoms with Crippen molar-refractivity contribution in [1.82, 2.24) is 0 Å². The number of halogens is 2. The normalized spacial score (nSPS) is 12.9. The molecule has 1 aromatic rings. The molecular weight excluding hydrogens is 442 g/mol. The number of carbonyl (C=O) groups excluding carboxylic acids is 1. The molecule has 0 saturated carbocycles. The number of hydrogen-bond acceptors (Lipinski definition) is 2. The summed E-state index contributed by atoms with van der Waals surface area (Å²) in [5.74, 6) is 0. The van der Waals surface area contributed by atoms with Gasteiger partial charge in [0.05, 0.1) is 1.93 Å². The van der Waals surface area contributed by atoms with Crippen molar-refractivity contribution in [3.8, 4) is 0 Å². The van der Waals surface area contributed by atoms with Gasteiger partial charge >= 0.3 is 0 Å². The van der Waals surface area contributed by atoms with E-state index in [2.05, 4.69) is 45.2 Å². The summed E-state index contributed by atoms with van der Waals surface area (Å²) in [4.78, 5) is 11.4. The molecule has 0 bridgehead atoms. The third-order valence-corrected chi connectivity index (χ3v) is 3.70. The van der Waals surface area contributed by atoms with Crippen LogP contribution in [0, 0.1) is 6.92 Å². The van der Waals surface area contributed by atoms with Gasteiger partial charge in [0.1, 0.15) is 0 Å². The van der Waals surface area contributed by atoms with Crippen LogP contribution in [0.2, 0.25) is 0 Å². The molecule has 0 aliphatic rings. The second kappa shape index (κ2) is 5.69. The zero-order valence-corrected chi connectivity index (χ0v) is 12.9. The Morgan fingerprint density at radius 3 is 2.53 bits per heavy atom. The number of hydrogen-bond donors (Lipinski definition) is 1. The van der Waals surface area contributed by atoms with Crippen molar-refractivity contribution in [2.45, 2.75) is 8.86 Å². The van der Waals surface area contributed by atoms with Crippen molar-refractivity contribution >= 4 is 61.4 Å². The van der Waals surface area contributed by atoms with Gasteiger partial charge in [-0.3, -0.25) is 9.35 Å². The van der Waals surface area contributed by atoms with E-state index in [1.54, 1.807) is 12.1 Å². The summed E-state index contributed by atoms with van der Waals surface area (Å²) in [6, 6.07) is 5.23. The lowest BCUT2D eigenvalue weighted by molar-refractivity contribution is 0.107. The Hall–Kier alpha value is 0.460. The molecule has 0 aliphatic carbocycles. The number of carbonyl (C=O) groups is 1. The van der Waals surface area contributed by atoms with Crippen LogP contribution >= 0.6 is 45.2 Å². The average Bonchev–Trinajstić information content (AvgIpc) is 2.16. The maximum Gasteiger partial charge on any atom is 0.276 e. The molecule has 1 atom stereocenters. The first-order valence-corrected chi connectivity index (χ1v) is 7.57. The van der Waals surface area contributed by atoms with Gasteiger partial charge < -0.3 is 0 Å². The highest BCUT2D eigenvalue weighted by Gasteiger charge is 2.19. The molecule has 82 valence electrons. The van der Waals surface area contributed by atoms with Gasteiger partial charge in [-0.05, 0) is 18.6 Å². The smallest absolute Gasteiger partial charge is 0.276 e. The Kier molecular flexibility index (Phi) is 5.13. The molecule has 0 spiro atoms. The summed E-state index contributed by atoms with van der Waals surface area (Å²) in [7, 11) is 0. The zero-order chi connectivity index (χ0) is 11.6. The Morgan fingerprint density at radius 1 is 1.47 bits per heavy atom. The van der Waals surface area contributed by atoms with Crippen LogP contribution < -0.4 is 0 Å². The Bertz CT molecular complexity index is 418. The van der Waals surface area contributed by atoms with E-state index in [-0.39, 0.29) is 1.93 Å². The number of benzene rings is 1. The highest BCUT2D eigenvalue weighted by molar-refractivity contribution is 14.2. The summed E-state index contributed by atoms with van der Waals surface area (Å²) in [6.45, 7) is 1.92. The quantitative estimate of drug-likeness (QED) is 0.428. The Morgan fingerprint density at radius 2 is 2.07 bits per heavy atom. The first kappa shape index (κ1) is 13.5. The van der Waals surface area contributed by atoms with E-state index < -0.39 is 16.2 Å². The highest BCUT2D eigenvalue weighted by atomic mass is 127. The van der Waals surface area contributed by atoms with Crippen LogP contribution in [0.15, 0.2) is 18.2 Å². The topological polar surface area (TPSA) is 54.4 Å². The molecule has 1 N–H and O–H groups in total. The predicted octanol–water partition coefficient (Wildman–Crippen LogP) is 3.23. The van der Waals surface area contributed by atoms with Crippen LogP contribution in [0.3, 0.4) is 0 Å². The van der Waals surface area contributed by atoms with E-state index >= 15 is 0 Å². The largest absolute Gasteiger partial charge is 0.300 e. The van der Waals surface area contributed by atoms with E-state index in [1.165, 1.54) is 0 Å². The fraction of sp³-hybridized carbons (Fsp3) is 0.222. The molecule has 0 aromatic heterocycles. The summed E-state index contributed by atoms with van der Waals surface area (Å²) < 4.78 is 19.6. The van der Waals surface area contributed by atoms with Crippen LogP contribution in [-0.2, 0) is 11.1 Å². The SMILES string of the molecule is Cc1ccc(C(=O)S(=O)O)c(C(I)I)c1. The molecule has 1 aromatic carbocycles. The van der Waals surface area contributed by atoms with E-state index in [4.69, 9.17) is 4.55 Å². The summed E-state index contributed by atoms with van der Waals surface area (Å²) in [6.07, 6.45) is 0. The molecule has 6 heteroatoms. The van der Waals surface area contributed by atoms with E-state index in [9.17, 15) is 9.00 Å². The maximum atomic E-state index is 11.4. The van der Waals surface area contributed by atoms with E-state index in [0.717, 1.165) is 11.1 Å². The number of alkyl halides is 2. The van der Waals surface area contributed by atoms with Gasteiger partial charge in [0.15, 0.2) is 0 Å². The van der Waals surface area contributed by atoms with Crippen molar-refractivity contribution in [3.05, 3.63) is 34.9 Å². The van der Waals surface area contributed by atoms with Gasteiger partial charge in [-0.25, -0.2) is 4.21 Å². The molecule has 0 fully saturated rings. The minimum absolute atomic E-state index is 0.0996. The zero-order valence-electron chi connectivity index (χ0n) is 7.74. The summed E-state index contributed by atoms with van der Waals surface area (Å²) in [5.41, 5.74) is 2.16. The standard InChI is InChI=1S/C9H8I2O3S/c1-5-2-3-6(9(12)15(13)14)7(4-5)8(10)11/h2-4,8H,1H3,(H,13,14). The summed E-state index contributed by atoms with van der Waals surface area (Å²) in [5, 5.41) is -0.733. The molecule has 0 radical (unpaired) electrons. The lowest BCUT2D eigenvalue weighted by atomic mass is 10.1. The molecule has 1 unspecified atom stereocenters. The van der Waals surface area contributed by atoms with Crippen LogP contribution in [0.1, 0.15) is 23.4 Å². The van der Waals surface area contributed by atoms with Crippen molar-refractivity contribution < 1.29 is 13.6 Å². The first-order valence-electron chi connectivity index (χ1n) is 3.97. The summed E-state index contributed by atoms with van der Waals surface area (Å²) >= 11 is 1.88. The third-order valence-electron chi connectivity index (χ3n) is 1.82. The van der Waals surface area contributed by atoms with Gasteiger partial charge in [0, 0.05) is 5.56 Å². The van der Waals surface area contributed by atoms with Crippen molar-refractivity contribution in [3.63, 3.8) is 0 Å². The number of rotatable bonds is 2. The van der Waals surface area contributed by atoms with Crippen LogP contribution in [-0.4, -0.2) is 13.9 Å². The van der Waals surface area contributed by atoms with Crippen LogP contribution in [0.4, 0.5) is 0 Å². The molecule has 0 heterocycles. The average molecular weight is 450 g/mol. The van der Waals surface area contributed by atoms with Crippen LogP contribution in [0.25, 0.3) is 0 Å². The minimum Gasteiger partial charge on any atom is -0.300 e. The monoisotopic (exact) mass is 450 g/mol.